The van der Waals surface area contributed by atoms with Crippen molar-refractivity contribution in [2.45, 2.75) is 52.7 Å². The number of allylic oxidation sites excluding steroid dienone is 3. The van der Waals surface area contributed by atoms with Crippen molar-refractivity contribution >= 4 is 18.2 Å². The second kappa shape index (κ2) is 7.64. The van der Waals surface area contributed by atoms with Crippen LogP contribution in [0.2, 0.25) is 0 Å². The van der Waals surface area contributed by atoms with Crippen LogP contribution in [0.5, 0.6) is 0 Å². The molecular formula is C20H29F2N5O. The van der Waals surface area contributed by atoms with E-state index in [-0.39, 0.29) is 30.1 Å². The Morgan fingerprint density at radius 2 is 2.07 bits per heavy atom. The number of hydrogen-bond donors (Lipinski definition) is 0. The molecule has 2 atom stereocenters. The summed E-state index contributed by atoms with van der Waals surface area (Å²) in [5.41, 5.74) is 0.174. The molecule has 0 aliphatic carbocycles. The minimum absolute atomic E-state index is 0.00375. The Morgan fingerprint density at radius 3 is 2.68 bits per heavy atom. The van der Waals surface area contributed by atoms with Crippen LogP contribution in [0, 0.1) is 5.92 Å². The highest BCUT2D eigenvalue weighted by Crippen LogP contribution is 2.35. The fourth-order valence-electron chi connectivity index (χ4n) is 4.13. The van der Waals surface area contributed by atoms with Gasteiger partial charge < -0.3 is 9.80 Å². The van der Waals surface area contributed by atoms with Crippen molar-refractivity contribution in [1.29, 1.82) is 0 Å². The van der Waals surface area contributed by atoms with Gasteiger partial charge in [-0.25, -0.2) is 13.8 Å². The molecule has 0 N–H and O–H groups in total. The van der Waals surface area contributed by atoms with E-state index in [9.17, 15) is 13.6 Å². The van der Waals surface area contributed by atoms with Crippen molar-refractivity contribution in [3.05, 3.63) is 23.3 Å². The van der Waals surface area contributed by atoms with Gasteiger partial charge in [0.25, 0.3) is 0 Å². The lowest BCUT2D eigenvalue weighted by Gasteiger charge is -2.50. The summed E-state index contributed by atoms with van der Waals surface area (Å²) in [6.45, 7) is 11.0. The molecule has 3 rings (SSSR count). The first-order valence-electron chi connectivity index (χ1n) is 9.83. The molecule has 0 aromatic heterocycles. The van der Waals surface area contributed by atoms with Gasteiger partial charge in [-0.3, -0.25) is 14.7 Å². The molecule has 0 bridgehead atoms. The van der Waals surface area contributed by atoms with E-state index < -0.39 is 11.7 Å². The number of hydrogen-bond acceptors (Lipinski definition) is 5. The molecule has 1 saturated heterocycles. The molecule has 3 heterocycles. The molecule has 2 unspecified atom stereocenters. The Bertz CT molecular complexity index is 767. The highest BCUT2D eigenvalue weighted by molar-refractivity contribution is 6.02. The van der Waals surface area contributed by atoms with Crippen molar-refractivity contribution in [3.63, 3.8) is 0 Å². The number of amides is 1. The zero-order valence-electron chi connectivity index (χ0n) is 17.2. The van der Waals surface area contributed by atoms with Gasteiger partial charge in [0.1, 0.15) is 12.0 Å². The van der Waals surface area contributed by atoms with Crippen molar-refractivity contribution < 1.29 is 13.6 Å². The third-order valence-corrected chi connectivity index (χ3v) is 5.37. The molecule has 0 aromatic carbocycles. The van der Waals surface area contributed by atoms with Crippen LogP contribution in [-0.2, 0) is 4.79 Å². The Labute approximate surface area is 165 Å². The van der Waals surface area contributed by atoms with Gasteiger partial charge in [-0.1, -0.05) is 6.92 Å². The minimum atomic E-state index is -0.573. The van der Waals surface area contributed by atoms with Crippen LogP contribution in [0.25, 0.3) is 0 Å². The van der Waals surface area contributed by atoms with E-state index in [0.29, 0.717) is 37.6 Å². The molecule has 0 radical (unpaired) electrons. The topological polar surface area (TPSA) is 51.5 Å². The van der Waals surface area contributed by atoms with Crippen LogP contribution in [0.15, 0.2) is 33.3 Å². The molecule has 6 nitrogen and oxygen atoms in total. The Morgan fingerprint density at radius 1 is 1.36 bits per heavy atom. The van der Waals surface area contributed by atoms with Crippen molar-refractivity contribution in [1.82, 2.24) is 14.7 Å². The van der Waals surface area contributed by atoms with Crippen molar-refractivity contribution in [2.75, 3.05) is 26.2 Å². The fourth-order valence-corrected chi connectivity index (χ4v) is 4.13. The van der Waals surface area contributed by atoms with Gasteiger partial charge in [0, 0.05) is 25.7 Å². The molecule has 8 heteroatoms. The first-order valence-corrected chi connectivity index (χ1v) is 9.83. The van der Waals surface area contributed by atoms with Crippen LogP contribution in [0.4, 0.5) is 8.78 Å². The summed E-state index contributed by atoms with van der Waals surface area (Å²) in [4.78, 5) is 28.0. The van der Waals surface area contributed by atoms with Gasteiger partial charge in [-0.05, 0) is 39.7 Å². The van der Waals surface area contributed by atoms with Crippen LogP contribution in [0.3, 0.4) is 0 Å². The van der Waals surface area contributed by atoms with Gasteiger partial charge in [-0.15, -0.1) is 0 Å². The number of carbonyl (C=O) groups is 1. The third-order valence-electron chi connectivity index (χ3n) is 5.37. The van der Waals surface area contributed by atoms with E-state index >= 15 is 0 Å². The molecule has 0 aromatic rings. The molecule has 1 fully saturated rings. The molecule has 154 valence electrons. The minimum Gasteiger partial charge on any atom is -0.337 e. The highest BCUT2D eigenvalue weighted by Gasteiger charge is 2.51. The average molecular weight is 393 g/mol. The lowest BCUT2D eigenvalue weighted by atomic mass is 9.96. The van der Waals surface area contributed by atoms with E-state index in [1.165, 1.54) is 6.92 Å². The van der Waals surface area contributed by atoms with E-state index in [1.807, 2.05) is 32.6 Å². The molecule has 0 spiro atoms. The van der Waals surface area contributed by atoms with Gasteiger partial charge in [0.05, 0.1) is 30.2 Å². The normalized spacial score (nSPS) is 27.5. The number of rotatable bonds is 5. The summed E-state index contributed by atoms with van der Waals surface area (Å²) in [5.74, 6) is -0.788. The first kappa shape index (κ1) is 20.5. The van der Waals surface area contributed by atoms with Gasteiger partial charge in [0.2, 0.25) is 11.9 Å². The second-order valence-corrected chi connectivity index (χ2v) is 8.14. The van der Waals surface area contributed by atoms with Crippen LogP contribution in [0.1, 0.15) is 41.0 Å². The number of nitrogens with zero attached hydrogens (tertiary/aromatic N) is 5. The smallest absolute Gasteiger partial charge is 0.238 e. The number of guanidine groups is 1. The molecule has 28 heavy (non-hydrogen) atoms. The fraction of sp³-hybridized carbons (Fsp3) is 0.650. The molecule has 3 aliphatic rings. The van der Waals surface area contributed by atoms with E-state index in [0.717, 1.165) is 6.08 Å². The van der Waals surface area contributed by atoms with Gasteiger partial charge in [-0.2, -0.15) is 0 Å². The summed E-state index contributed by atoms with van der Waals surface area (Å²) in [5, 5.41) is 0. The quantitative estimate of drug-likeness (QED) is 0.675. The summed E-state index contributed by atoms with van der Waals surface area (Å²) < 4.78 is 27.6. The number of fused-ring (bicyclic) bond motifs is 3. The SMILES string of the molecule is CC/C(CN1C=NCC2C(=O)N(CC)C3=NC(C)(C)CN3C21)=C(F)\C=C(/C)F. The summed E-state index contributed by atoms with van der Waals surface area (Å²) in [7, 11) is 0. The van der Waals surface area contributed by atoms with Crippen molar-refractivity contribution in [3.8, 4) is 0 Å². The number of aliphatic imine (C=N–C) groups is 2. The Balaban J connectivity index is 1.97. The predicted molar refractivity (Wildman–Crippen MR) is 106 cm³/mol. The zero-order chi connectivity index (χ0) is 20.6. The average Bonchev–Trinajstić information content (AvgIpc) is 2.94. The van der Waals surface area contributed by atoms with Gasteiger partial charge in [0.15, 0.2) is 0 Å². The van der Waals surface area contributed by atoms with Gasteiger partial charge >= 0.3 is 0 Å². The van der Waals surface area contributed by atoms with E-state index in [1.54, 1.807) is 11.2 Å². The molecule has 1 amide bonds. The standard InChI is InChI=1S/C20H29F2N5O/c1-6-14(16(22)8-13(3)21)10-25-12-23-9-15-17(25)27-11-20(4,5)24-19(27)26(7-2)18(15)28/h8,12,15,17H,6-7,9-11H2,1-5H3/b13-8+,16-14-. The van der Waals surface area contributed by atoms with E-state index in [4.69, 9.17) is 4.99 Å². The predicted octanol–water partition coefficient (Wildman–Crippen LogP) is 3.09. The highest BCUT2D eigenvalue weighted by atomic mass is 19.1. The van der Waals surface area contributed by atoms with Crippen LogP contribution < -0.4 is 0 Å². The Hall–Kier alpha value is -2.25. The summed E-state index contributed by atoms with van der Waals surface area (Å²) >= 11 is 0. The Kier molecular flexibility index (Phi) is 5.59. The number of carbonyl (C=O) groups excluding carboxylic acids is 1. The molecular weight excluding hydrogens is 364 g/mol. The zero-order valence-corrected chi connectivity index (χ0v) is 17.2. The van der Waals surface area contributed by atoms with E-state index in [2.05, 4.69) is 9.89 Å². The first-order chi connectivity index (χ1) is 13.2. The lowest BCUT2D eigenvalue weighted by Crippen LogP contribution is -2.68. The van der Waals surface area contributed by atoms with Crippen LogP contribution in [-0.4, -0.2) is 70.8 Å². The summed E-state index contributed by atoms with van der Waals surface area (Å²) in [6.07, 6.45) is 2.78. The van der Waals surface area contributed by atoms with Crippen molar-refractivity contribution in [2.24, 2.45) is 15.9 Å². The maximum atomic E-state index is 14.5. The second-order valence-electron chi connectivity index (χ2n) is 8.14. The maximum Gasteiger partial charge on any atom is 0.238 e. The largest absolute Gasteiger partial charge is 0.337 e. The monoisotopic (exact) mass is 393 g/mol. The molecule has 0 saturated carbocycles. The maximum absolute atomic E-state index is 14.5. The number of halogens is 2. The van der Waals surface area contributed by atoms with Crippen LogP contribution >= 0.6 is 0 Å². The third kappa shape index (κ3) is 3.69. The lowest BCUT2D eigenvalue weighted by molar-refractivity contribution is -0.139. The summed E-state index contributed by atoms with van der Waals surface area (Å²) in [6, 6.07) is 0. The molecule has 3 aliphatic heterocycles.